The van der Waals surface area contributed by atoms with Crippen LogP contribution in [0.5, 0.6) is 5.75 Å². The highest BCUT2D eigenvalue weighted by molar-refractivity contribution is 6.53. The lowest BCUT2D eigenvalue weighted by atomic mass is 10.1. The third kappa shape index (κ3) is 4.32. The SMILES string of the molecule is Cc1ccc(C)c(OC(=O)c2ccc(NC3=C(Cl)C(=O)N(c4cccc(C)c4C)C3=O)cc2)c1. The molecule has 1 N–H and O–H groups in total. The Morgan fingerprint density at radius 3 is 2.29 bits per heavy atom. The minimum Gasteiger partial charge on any atom is -0.423 e. The summed E-state index contributed by atoms with van der Waals surface area (Å²) >= 11 is 6.24. The molecule has 4 rings (SSSR count). The van der Waals surface area contributed by atoms with Crippen LogP contribution in [-0.4, -0.2) is 17.8 Å². The summed E-state index contributed by atoms with van der Waals surface area (Å²) in [4.78, 5) is 39.5. The maximum atomic E-state index is 13.1. The average molecular weight is 475 g/mol. The lowest BCUT2D eigenvalue weighted by Crippen LogP contribution is -2.33. The Bertz CT molecular complexity index is 1360. The Kier molecular flexibility index (Phi) is 6.26. The van der Waals surface area contributed by atoms with Gasteiger partial charge in [-0.3, -0.25) is 9.59 Å². The van der Waals surface area contributed by atoms with Crippen molar-refractivity contribution in [3.8, 4) is 5.75 Å². The van der Waals surface area contributed by atoms with E-state index in [4.69, 9.17) is 16.3 Å². The van der Waals surface area contributed by atoms with Crippen molar-refractivity contribution in [2.75, 3.05) is 10.2 Å². The molecule has 0 atom stereocenters. The number of imide groups is 1. The fourth-order valence-corrected chi connectivity index (χ4v) is 3.83. The number of esters is 1. The van der Waals surface area contributed by atoms with Gasteiger partial charge < -0.3 is 10.1 Å². The zero-order valence-corrected chi connectivity index (χ0v) is 20.0. The molecule has 6 nitrogen and oxygen atoms in total. The molecular weight excluding hydrogens is 452 g/mol. The Labute approximate surface area is 202 Å². The summed E-state index contributed by atoms with van der Waals surface area (Å²) in [7, 11) is 0. The van der Waals surface area contributed by atoms with Gasteiger partial charge in [0.2, 0.25) is 0 Å². The molecule has 3 aromatic carbocycles. The highest BCUT2D eigenvalue weighted by Crippen LogP contribution is 2.33. The van der Waals surface area contributed by atoms with Crippen LogP contribution >= 0.6 is 11.6 Å². The van der Waals surface area contributed by atoms with E-state index in [2.05, 4.69) is 5.32 Å². The maximum Gasteiger partial charge on any atom is 0.343 e. The zero-order valence-electron chi connectivity index (χ0n) is 19.2. The van der Waals surface area contributed by atoms with Crippen molar-refractivity contribution in [2.45, 2.75) is 27.7 Å². The van der Waals surface area contributed by atoms with Gasteiger partial charge in [-0.1, -0.05) is 35.9 Å². The number of ether oxygens (including phenoxy) is 1. The Morgan fingerprint density at radius 1 is 0.882 bits per heavy atom. The zero-order chi connectivity index (χ0) is 24.6. The van der Waals surface area contributed by atoms with Crippen molar-refractivity contribution >= 4 is 40.8 Å². The van der Waals surface area contributed by atoms with E-state index in [0.29, 0.717) is 22.7 Å². The molecule has 0 fully saturated rings. The molecule has 1 heterocycles. The summed E-state index contributed by atoms with van der Waals surface area (Å²) in [5, 5.41) is 2.73. The molecule has 0 spiro atoms. The number of anilines is 2. The molecule has 0 saturated heterocycles. The van der Waals surface area contributed by atoms with Gasteiger partial charge in [0.15, 0.2) is 0 Å². The predicted octanol–water partition coefficient (Wildman–Crippen LogP) is 5.58. The van der Waals surface area contributed by atoms with E-state index in [9.17, 15) is 14.4 Å². The Morgan fingerprint density at radius 2 is 1.59 bits per heavy atom. The summed E-state index contributed by atoms with van der Waals surface area (Å²) in [5.74, 6) is -1.12. The second-order valence-corrected chi connectivity index (χ2v) is 8.59. The van der Waals surface area contributed by atoms with Gasteiger partial charge in [0.1, 0.15) is 16.5 Å². The normalized spacial score (nSPS) is 13.5. The first kappa shape index (κ1) is 23.3. The fraction of sp³-hybridized carbons (Fsp3) is 0.148. The van der Waals surface area contributed by atoms with Crippen LogP contribution in [0.4, 0.5) is 11.4 Å². The molecule has 172 valence electrons. The number of carbonyl (C=O) groups is 3. The monoisotopic (exact) mass is 474 g/mol. The van der Waals surface area contributed by atoms with Crippen LogP contribution in [-0.2, 0) is 9.59 Å². The van der Waals surface area contributed by atoms with Gasteiger partial charge in [-0.25, -0.2) is 9.69 Å². The van der Waals surface area contributed by atoms with Crippen molar-refractivity contribution in [1.82, 2.24) is 0 Å². The van der Waals surface area contributed by atoms with Crippen molar-refractivity contribution < 1.29 is 19.1 Å². The molecule has 7 heteroatoms. The molecule has 1 aliphatic heterocycles. The van der Waals surface area contributed by atoms with Crippen LogP contribution < -0.4 is 15.0 Å². The molecule has 0 saturated carbocycles. The van der Waals surface area contributed by atoms with Crippen molar-refractivity contribution in [3.05, 3.63) is 99.2 Å². The number of hydrogen-bond donors (Lipinski definition) is 1. The number of aryl methyl sites for hydroxylation is 3. The van der Waals surface area contributed by atoms with Crippen LogP contribution in [0, 0.1) is 27.7 Å². The number of hydrogen-bond acceptors (Lipinski definition) is 5. The third-order valence-corrected chi connectivity index (χ3v) is 6.13. The standard InChI is InChI=1S/C27H23ClN2O4/c1-15-8-9-17(3)22(14-15)34-27(33)19-10-12-20(13-11-19)29-24-23(28)25(31)30(26(24)32)21-7-5-6-16(2)18(21)4/h5-14,29H,1-4H3. The van der Waals surface area contributed by atoms with Gasteiger partial charge in [0, 0.05) is 5.69 Å². The smallest absolute Gasteiger partial charge is 0.343 e. The van der Waals surface area contributed by atoms with Gasteiger partial charge >= 0.3 is 5.97 Å². The van der Waals surface area contributed by atoms with Gasteiger partial charge in [0.25, 0.3) is 11.8 Å². The molecule has 3 aromatic rings. The van der Waals surface area contributed by atoms with Crippen LogP contribution in [0.15, 0.2) is 71.4 Å². The highest BCUT2D eigenvalue weighted by atomic mass is 35.5. The number of rotatable bonds is 5. The molecule has 0 unspecified atom stereocenters. The number of nitrogens with one attached hydrogen (secondary N) is 1. The number of benzene rings is 3. The lowest BCUT2D eigenvalue weighted by Gasteiger charge is -2.18. The van der Waals surface area contributed by atoms with Crippen molar-refractivity contribution in [3.63, 3.8) is 0 Å². The van der Waals surface area contributed by atoms with Gasteiger partial charge in [-0.05, 0) is 86.3 Å². The molecular formula is C27H23ClN2O4. The topological polar surface area (TPSA) is 75.7 Å². The van der Waals surface area contributed by atoms with Crippen LogP contribution in [0.1, 0.15) is 32.6 Å². The second-order valence-electron chi connectivity index (χ2n) is 8.21. The van der Waals surface area contributed by atoms with E-state index < -0.39 is 17.8 Å². The number of nitrogens with zero attached hydrogens (tertiary/aromatic N) is 1. The molecule has 0 radical (unpaired) electrons. The Balaban J connectivity index is 1.51. The summed E-state index contributed by atoms with van der Waals surface area (Å²) in [6, 6.07) is 17.4. The fourth-order valence-electron chi connectivity index (χ4n) is 3.62. The van der Waals surface area contributed by atoms with Gasteiger partial charge in [-0.15, -0.1) is 0 Å². The first-order valence-corrected chi connectivity index (χ1v) is 11.1. The van der Waals surface area contributed by atoms with Gasteiger partial charge in [-0.2, -0.15) is 0 Å². The molecule has 1 aliphatic rings. The molecule has 2 amide bonds. The third-order valence-electron chi connectivity index (χ3n) is 5.78. The molecule has 0 bridgehead atoms. The summed E-state index contributed by atoms with van der Waals surface area (Å²) < 4.78 is 5.52. The van der Waals surface area contributed by atoms with Crippen LogP contribution in [0.3, 0.4) is 0 Å². The molecule has 0 aromatic heterocycles. The molecule has 0 aliphatic carbocycles. The first-order valence-electron chi connectivity index (χ1n) is 10.7. The quantitative estimate of drug-likeness (QED) is 0.297. The molecule has 34 heavy (non-hydrogen) atoms. The number of carbonyl (C=O) groups excluding carboxylic acids is 3. The van der Waals surface area contributed by atoms with E-state index in [-0.39, 0.29) is 10.7 Å². The van der Waals surface area contributed by atoms with E-state index in [1.807, 2.05) is 52.0 Å². The van der Waals surface area contributed by atoms with E-state index in [1.54, 1.807) is 36.4 Å². The second kappa shape index (κ2) is 9.15. The summed E-state index contributed by atoms with van der Waals surface area (Å²) in [5.41, 5.74) is 4.95. The largest absolute Gasteiger partial charge is 0.423 e. The Hall–Kier alpha value is -3.90. The predicted molar refractivity (Wildman–Crippen MR) is 132 cm³/mol. The van der Waals surface area contributed by atoms with Crippen LogP contribution in [0.2, 0.25) is 0 Å². The highest BCUT2D eigenvalue weighted by Gasteiger charge is 2.39. The van der Waals surface area contributed by atoms with Crippen molar-refractivity contribution in [1.29, 1.82) is 0 Å². The number of amides is 2. The van der Waals surface area contributed by atoms with Crippen molar-refractivity contribution in [2.24, 2.45) is 0 Å². The van der Waals surface area contributed by atoms with E-state index >= 15 is 0 Å². The summed E-state index contributed by atoms with van der Waals surface area (Å²) in [6.07, 6.45) is 0. The lowest BCUT2D eigenvalue weighted by molar-refractivity contribution is -0.120. The number of halogens is 1. The maximum absolute atomic E-state index is 13.1. The average Bonchev–Trinajstić information content (AvgIpc) is 3.02. The first-order chi connectivity index (χ1) is 16.2. The van der Waals surface area contributed by atoms with Crippen LogP contribution in [0.25, 0.3) is 0 Å². The summed E-state index contributed by atoms with van der Waals surface area (Å²) in [6.45, 7) is 7.55. The minimum atomic E-state index is -0.586. The van der Waals surface area contributed by atoms with E-state index in [0.717, 1.165) is 27.2 Å². The van der Waals surface area contributed by atoms with E-state index in [1.165, 1.54) is 0 Å². The minimum absolute atomic E-state index is 0.0155. The van der Waals surface area contributed by atoms with Gasteiger partial charge in [0.05, 0.1) is 11.3 Å².